The SMILES string of the molecule is COc1ccccc1CCNc1nc2cc(Cl)ccc2s1. The van der Waals surface area contributed by atoms with E-state index in [1.807, 2.05) is 36.4 Å². The van der Waals surface area contributed by atoms with Crippen LogP contribution in [0.25, 0.3) is 10.2 Å². The van der Waals surface area contributed by atoms with Crippen LogP contribution in [0.3, 0.4) is 0 Å². The van der Waals surface area contributed by atoms with Crippen LogP contribution in [0, 0.1) is 0 Å². The number of para-hydroxylation sites is 1. The number of thiazole rings is 1. The van der Waals surface area contributed by atoms with E-state index in [0.717, 1.165) is 34.1 Å². The molecule has 0 radical (unpaired) electrons. The average molecular weight is 319 g/mol. The summed E-state index contributed by atoms with van der Waals surface area (Å²) in [4.78, 5) is 4.54. The van der Waals surface area contributed by atoms with E-state index in [-0.39, 0.29) is 0 Å². The van der Waals surface area contributed by atoms with Crippen LogP contribution in [0.2, 0.25) is 5.02 Å². The number of nitrogens with zero attached hydrogens (tertiary/aromatic N) is 1. The lowest BCUT2D eigenvalue weighted by atomic mass is 10.1. The number of methoxy groups -OCH3 is 1. The molecule has 1 aromatic heterocycles. The van der Waals surface area contributed by atoms with Gasteiger partial charge in [-0.3, -0.25) is 0 Å². The molecule has 1 heterocycles. The fraction of sp³-hybridized carbons (Fsp3) is 0.188. The van der Waals surface area contributed by atoms with Crippen LogP contribution in [0.1, 0.15) is 5.56 Å². The Balaban J connectivity index is 1.66. The fourth-order valence-electron chi connectivity index (χ4n) is 2.19. The molecular formula is C16H15ClN2OS. The molecule has 2 aromatic carbocycles. The summed E-state index contributed by atoms with van der Waals surface area (Å²) in [7, 11) is 1.70. The lowest BCUT2D eigenvalue weighted by molar-refractivity contribution is 0.410. The minimum absolute atomic E-state index is 0.716. The Hall–Kier alpha value is -1.78. The van der Waals surface area contributed by atoms with Crippen LogP contribution < -0.4 is 10.1 Å². The van der Waals surface area contributed by atoms with Crippen molar-refractivity contribution in [2.75, 3.05) is 19.0 Å². The van der Waals surface area contributed by atoms with E-state index >= 15 is 0 Å². The van der Waals surface area contributed by atoms with E-state index in [1.54, 1.807) is 18.4 Å². The first-order valence-corrected chi connectivity index (χ1v) is 7.87. The first-order valence-electron chi connectivity index (χ1n) is 6.68. The predicted octanol–water partition coefficient (Wildman–Crippen LogP) is 4.61. The number of benzene rings is 2. The quantitative estimate of drug-likeness (QED) is 0.745. The zero-order chi connectivity index (χ0) is 14.7. The monoisotopic (exact) mass is 318 g/mol. The second-order valence-electron chi connectivity index (χ2n) is 4.62. The van der Waals surface area contributed by atoms with Gasteiger partial charge in [-0.1, -0.05) is 41.1 Å². The Morgan fingerprint density at radius 3 is 2.95 bits per heavy atom. The van der Waals surface area contributed by atoms with Crippen molar-refractivity contribution in [1.82, 2.24) is 4.98 Å². The van der Waals surface area contributed by atoms with Crippen LogP contribution in [0.5, 0.6) is 5.75 Å². The molecule has 0 saturated heterocycles. The summed E-state index contributed by atoms with van der Waals surface area (Å²) in [6.07, 6.45) is 0.890. The van der Waals surface area contributed by atoms with Gasteiger partial charge in [-0.05, 0) is 36.2 Å². The molecule has 0 spiro atoms. The van der Waals surface area contributed by atoms with Crippen molar-refractivity contribution in [3.05, 3.63) is 53.1 Å². The van der Waals surface area contributed by atoms with Crippen molar-refractivity contribution in [1.29, 1.82) is 0 Å². The van der Waals surface area contributed by atoms with Crippen LogP contribution in [-0.4, -0.2) is 18.6 Å². The van der Waals surface area contributed by atoms with E-state index in [1.165, 1.54) is 5.56 Å². The molecule has 0 aliphatic carbocycles. The van der Waals surface area contributed by atoms with Crippen molar-refractivity contribution < 1.29 is 4.74 Å². The van der Waals surface area contributed by atoms with E-state index < -0.39 is 0 Å². The summed E-state index contributed by atoms with van der Waals surface area (Å²) >= 11 is 7.61. The molecule has 1 N–H and O–H groups in total. The zero-order valence-electron chi connectivity index (χ0n) is 11.6. The highest BCUT2D eigenvalue weighted by molar-refractivity contribution is 7.22. The fourth-order valence-corrected chi connectivity index (χ4v) is 3.23. The summed E-state index contributed by atoms with van der Waals surface area (Å²) in [5.41, 5.74) is 2.13. The number of fused-ring (bicyclic) bond motifs is 1. The number of aromatic nitrogens is 1. The molecule has 0 fully saturated rings. The van der Waals surface area contributed by atoms with Gasteiger partial charge >= 0.3 is 0 Å². The molecular weight excluding hydrogens is 304 g/mol. The molecule has 21 heavy (non-hydrogen) atoms. The van der Waals surface area contributed by atoms with E-state index in [2.05, 4.69) is 16.4 Å². The van der Waals surface area contributed by atoms with Crippen LogP contribution in [0.4, 0.5) is 5.13 Å². The summed E-state index contributed by atoms with van der Waals surface area (Å²) in [5.74, 6) is 0.926. The maximum absolute atomic E-state index is 5.98. The number of halogens is 1. The number of anilines is 1. The van der Waals surface area contributed by atoms with Gasteiger partial charge in [0.05, 0.1) is 17.3 Å². The van der Waals surface area contributed by atoms with E-state index in [4.69, 9.17) is 16.3 Å². The third-order valence-electron chi connectivity index (χ3n) is 3.21. The van der Waals surface area contributed by atoms with Gasteiger partial charge in [0.1, 0.15) is 5.75 Å². The van der Waals surface area contributed by atoms with Crippen molar-refractivity contribution in [3.8, 4) is 5.75 Å². The molecule has 0 bridgehead atoms. The predicted molar refractivity (Wildman–Crippen MR) is 89.8 cm³/mol. The molecule has 3 aromatic rings. The summed E-state index contributed by atoms with van der Waals surface area (Å²) in [6, 6.07) is 13.8. The Morgan fingerprint density at radius 2 is 2.10 bits per heavy atom. The molecule has 5 heteroatoms. The average Bonchev–Trinajstić information content (AvgIpc) is 2.89. The van der Waals surface area contributed by atoms with E-state index in [0.29, 0.717) is 5.02 Å². The highest BCUT2D eigenvalue weighted by Gasteiger charge is 2.05. The number of hydrogen-bond donors (Lipinski definition) is 1. The number of rotatable bonds is 5. The van der Waals surface area contributed by atoms with Gasteiger partial charge in [0, 0.05) is 11.6 Å². The van der Waals surface area contributed by atoms with Gasteiger partial charge in [-0.25, -0.2) is 4.98 Å². The van der Waals surface area contributed by atoms with Crippen LogP contribution in [0.15, 0.2) is 42.5 Å². The van der Waals surface area contributed by atoms with Gasteiger partial charge in [-0.15, -0.1) is 0 Å². The largest absolute Gasteiger partial charge is 0.496 e. The maximum Gasteiger partial charge on any atom is 0.183 e. The molecule has 0 saturated carbocycles. The zero-order valence-corrected chi connectivity index (χ0v) is 13.2. The minimum atomic E-state index is 0.716. The van der Waals surface area contributed by atoms with Crippen molar-refractivity contribution in [2.24, 2.45) is 0 Å². The third-order valence-corrected chi connectivity index (χ3v) is 4.44. The van der Waals surface area contributed by atoms with Gasteiger partial charge in [0.15, 0.2) is 5.13 Å². The van der Waals surface area contributed by atoms with Crippen LogP contribution in [-0.2, 0) is 6.42 Å². The number of hydrogen-bond acceptors (Lipinski definition) is 4. The summed E-state index contributed by atoms with van der Waals surface area (Å²) in [5, 5.41) is 5.00. The lowest BCUT2D eigenvalue weighted by Gasteiger charge is -2.08. The topological polar surface area (TPSA) is 34.1 Å². The third kappa shape index (κ3) is 3.28. The maximum atomic E-state index is 5.98. The van der Waals surface area contributed by atoms with Gasteiger partial charge in [0.2, 0.25) is 0 Å². The number of ether oxygens (including phenoxy) is 1. The van der Waals surface area contributed by atoms with Gasteiger partial charge < -0.3 is 10.1 Å². The standard InChI is InChI=1S/C16H15ClN2OS/c1-20-14-5-3-2-4-11(14)8-9-18-16-19-13-10-12(17)6-7-15(13)21-16/h2-7,10H,8-9H2,1H3,(H,18,19). The molecule has 3 nitrogen and oxygen atoms in total. The molecule has 0 aliphatic rings. The van der Waals surface area contributed by atoms with E-state index in [9.17, 15) is 0 Å². The molecule has 0 unspecified atom stereocenters. The Bertz CT molecular complexity index is 757. The summed E-state index contributed by atoms with van der Waals surface area (Å²) in [6.45, 7) is 0.813. The Labute approximate surface area is 132 Å². The Morgan fingerprint density at radius 1 is 1.24 bits per heavy atom. The second kappa shape index (κ2) is 6.33. The summed E-state index contributed by atoms with van der Waals surface area (Å²) < 4.78 is 6.49. The van der Waals surface area contributed by atoms with Crippen molar-refractivity contribution in [3.63, 3.8) is 0 Å². The minimum Gasteiger partial charge on any atom is -0.496 e. The molecule has 3 rings (SSSR count). The van der Waals surface area contributed by atoms with Gasteiger partial charge in [-0.2, -0.15) is 0 Å². The highest BCUT2D eigenvalue weighted by atomic mass is 35.5. The number of nitrogens with one attached hydrogen (secondary N) is 1. The van der Waals surface area contributed by atoms with Crippen molar-refractivity contribution in [2.45, 2.75) is 6.42 Å². The highest BCUT2D eigenvalue weighted by Crippen LogP contribution is 2.28. The first-order chi connectivity index (χ1) is 10.3. The van der Waals surface area contributed by atoms with Crippen molar-refractivity contribution >= 4 is 38.3 Å². The first kappa shape index (κ1) is 14.2. The molecule has 0 atom stereocenters. The Kier molecular flexibility index (Phi) is 4.27. The second-order valence-corrected chi connectivity index (χ2v) is 6.09. The molecule has 108 valence electrons. The molecule has 0 aliphatic heterocycles. The lowest BCUT2D eigenvalue weighted by Crippen LogP contribution is -2.05. The molecule has 0 amide bonds. The van der Waals surface area contributed by atoms with Gasteiger partial charge in [0.25, 0.3) is 0 Å². The van der Waals surface area contributed by atoms with Crippen LogP contribution >= 0.6 is 22.9 Å². The smallest absolute Gasteiger partial charge is 0.183 e. The normalized spacial score (nSPS) is 10.8.